The van der Waals surface area contributed by atoms with Gasteiger partial charge in [0, 0.05) is 12.2 Å². The number of hydrogen-bond acceptors (Lipinski definition) is 3. The number of benzene rings is 1. The Labute approximate surface area is 118 Å². The highest BCUT2D eigenvalue weighted by atomic mass is 32.1. The molecule has 1 amide bonds. The zero-order valence-corrected chi connectivity index (χ0v) is 11.8. The molecule has 5 heteroatoms. The molecule has 3 N–H and O–H groups in total. The Kier molecular flexibility index (Phi) is 4.50. The van der Waals surface area contributed by atoms with Crippen LogP contribution in [0.1, 0.15) is 30.4 Å². The van der Waals surface area contributed by atoms with E-state index in [0.29, 0.717) is 17.1 Å². The standard InChI is InChI=1S/C14H18N2O2S/c1-9-4-2-6-11(13(9)14(15)19)16-12(17)8-10-5-3-7-18-10/h2,4,6,10H,3,5,7-8H2,1H3,(H2,15,19)(H,16,17). The van der Waals surface area contributed by atoms with E-state index in [2.05, 4.69) is 5.32 Å². The van der Waals surface area contributed by atoms with Gasteiger partial charge in [-0.1, -0.05) is 24.4 Å². The van der Waals surface area contributed by atoms with Crippen LogP contribution < -0.4 is 11.1 Å². The van der Waals surface area contributed by atoms with E-state index >= 15 is 0 Å². The number of amides is 1. The Morgan fingerprint density at radius 2 is 2.37 bits per heavy atom. The summed E-state index contributed by atoms with van der Waals surface area (Å²) in [5.41, 5.74) is 8.08. The van der Waals surface area contributed by atoms with Gasteiger partial charge in [-0.15, -0.1) is 0 Å². The minimum absolute atomic E-state index is 0.0399. The van der Waals surface area contributed by atoms with Crippen molar-refractivity contribution in [3.8, 4) is 0 Å². The summed E-state index contributed by atoms with van der Waals surface area (Å²) in [6.07, 6.45) is 2.40. The van der Waals surface area contributed by atoms with Crippen molar-refractivity contribution in [2.75, 3.05) is 11.9 Å². The minimum Gasteiger partial charge on any atom is -0.389 e. The maximum Gasteiger partial charge on any atom is 0.227 e. The number of nitrogens with two attached hydrogens (primary N) is 1. The van der Waals surface area contributed by atoms with E-state index in [-0.39, 0.29) is 12.0 Å². The zero-order chi connectivity index (χ0) is 13.8. The van der Waals surface area contributed by atoms with E-state index in [9.17, 15) is 4.79 Å². The van der Waals surface area contributed by atoms with Crippen LogP contribution in [0.5, 0.6) is 0 Å². The van der Waals surface area contributed by atoms with Crippen molar-refractivity contribution in [1.29, 1.82) is 0 Å². The number of aryl methyl sites for hydroxylation is 1. The number of ether oxygens (including phenoxy) is 1. The molecule has 0 saturated carbocycles. The fourth-order valence-corrected chi connectivity index (χ4v) is 2.58. The molecule has 1 aliphatic rings. The lowest BCUT2D eigenvalue weighted by Crippen LogP contribution is -2.22. The molecule has 1 aromatic carbocycles. The predicted octanol–water partition coefficient (Wildman–Crippen LogP) is 2.14. The lowest BCUT2D eigenvalue weighted by Gasteiger charge is -2.14. The second-order valence-electron chi connectivity index (χ2n) is 4.75. The van der Waals surface area contributed by atoms with Crippen LogP contribution in [0.15, 0.2) is 18.2 Å². The van der Waals surface area contributed by atoms with Crippen molar-refractivity contribution in [3.05, 3.63) is 29.3 Å². The molecule has 1 atom stereocenters. The topological polar surface area (TPSA) is 64.3 Å². The van der Waals surface area contributed by atoms with Gasteiger partial charge in [-0.3, -0.25) is 4.79 Å². The summed E-state index contributed by atoms with van der Waals surface area (Å²) in [5.74, 6) is -0.0602. The Bertz CT molecular complexity index is 496. The number of carbonyl (C=O) groups excluding carboxylic acids is 1. The van der Waals surface area contributed by atoms with Crippen LogP contribution in [0.2, 0.25) is 0 Å². The molecule has 1 heterocycles. The lowest BCUT2D eigenvalue weighted by molar-refractivity contribution is -0.118. The number of anilines is 1. The largest absolute Gasteiger partial charge is 0.389 e. The predicted molar refractivity (Wildman–Crippen MR) is 79.3 cm³/mol. The van der Waals surface area contributed by atoms with Gasteiger partial charge in [0.15, 0.2) is 0 Å². The van der Waals surface area contributed by atoms with Crippen LogP contribution >= 0.6 is 12.2 Å². The fraction of sp³-hybridized carbons (Fsp3) is 0.429. The van der Waals surface area contributed by atoms with Gasteiger partial charge in [-0.25, -0.2) is 0 Å². The van der Waals surface area contributed by atoms with Gasteiger partial charge in [-0.2, -0.15) is 0 Å². The first-order chi connectivity index (χ1) is 9.08. The monoisotopic (exact) mass is 278 g/mol. The average molecular weight is 278 g/mol. The maximum atomic E-state index is 12.0. The van der Waals surface area contributed by atoms with Crippen molar-refractivity contribution in [2.24, 2.45) is 5.73 Å². The summed E-state index contributed by atoms with van der Waals surface area (Å²) >= 11 is 5.04. The highest BCUT2D eigenvalue weighted by Crippen LogP contribution is 2.21. The third-order valence-corrected chi connectivity index (χ3v) is 3.43. The molecule has 1 saturated heterocycles. The van der Waals surface area contributed by atoms with E-state index in [4.69, 9.17) is 22.7 Å². The quantitative estimate of drug-likeness (QED) is 0.828. The van der Waals surface area contributed by atoms with Gasteiger partial charge < -0.3 is 15.8 Å². The summed E-state index contributed by atoms with van der Waals surface area (Å²) in [6, 6.07) is 5.61. The highest BCUT2D eigenvalue weighted by Gasteiger charge is 2.20. The Morgan fingerprint density at radius 1 is 1.58 bits per heavy atom. The number of thiocarbonyl (C=S) groups is 1. The van der Waals surface area contributed by atoms with Crippen LogP contribution in [-0.2, 0) is 9.53 Å². The van der Waals surface area contributed by atoms with Crippen molar-refractivity contribution >= 4 is 28.8 Å². The minimum atomic E-state index is -0.0602. The van der Waals surface area contributed by atoms with E-state index in [0.717, 1.165) is 30.6 Å². The number of nitrogens with one attached hydrogen (secondary N) is 1. The molecule has 2 rings (SSSR count). The molecule has 4 nitrogen and oxygen atoms in total. The van der Waals surface area contributed by atoms with Gasteiger partial charge in [0.25, 0.3) is 0 Å². The van der Waals surface area contributed by atoms with E-state index in [1.807, 2.05) is 25.1 Å². The van der Waals surface area contributed by atoms with Crippen LogP contribution in [0.3, 0.4) is 0 Å². The number of rotatable bonds is 4. The van der Waals surface area contributed by atoms with Crippen LogP contribution in [0, 0.1) is 6.92 Å². The van der Waals surface area contributed by atoms with Crippen molar-refractivity contribution in [2.45, 2.75) is 32.3 Å². The molecule has 1 fully saturated rings. The van der Waals surface area contributed by atoms with Gasteiger partial charge in [-0.05, 0) is 31.4 Å². The van der Waals surface area contributed by atoms with Gasteiger partial charge in [0.2, 0.25) is 5.91 Å². The normalized spacial score (nSPS) is 18.3. The average Bonchev–Trinajstić information content (AvgIpc) is 2.81. The third-order valence-electron chi connectivity index (χ3n) is 3.23. The van der Waals surface area contributed by atoms with Crippen LogP contribution in [0.4, 0.5) is 5.69 Å². The van der Waals surface area contributed by atoms with Gasteiger partial charge in [0.05, 0.1) is 18.2 Å². The Morgan fingerprint density at radius 3 is 3.00 bits per heavy atom. The van der Waals surface area contributed by atoms with Crippen molar-refractivity contribution < 1.29 is 9.53 Å². The molecular formula is C14H18N2O2S. The molecule has 0 spiro atoms. The molecule has 0 aliphatic carbocycles. The molecule has 0 radical (unpaired) electrons. The molecule has 0 bridgehead atoms. The first kappa shape index (κ1) is 14.0. The third kappa shape index (κ3) is 3.52. The van der Waals surface area contributed by atoms with Crippen molar-refractivity contribution in [3.63, 3.8) is 0 Å². The smallest absolute Gasteiger partial charge is 0.227 e. The summed E-state index contributed by atoms with van der Waals surface area (Å²) < 4.78 is 5.45. The lowest BCUT2D eigenvalue weighted by atomic mass is 10.1. The number of carbonyl (C=O) groups is 1. The SMILES string of the molecule is Cc1cccc(NC(=O)CC2CCCO2)c1C(N)=S. The molecule has 1 aromatic rings. The summed E-state index contributed by atoms with van der Waals surface area (Å²) in [4.78, 5) is 12.3. The number of hydrogen-bond donors (Lipinski definition) is 2. The van der Waals surface area contributed by atoms with Crippen LogP contribution in [0.25, 0.3) is 0 Å². The van der Waals surface area contributed by atoms with Crippen LogP contribution in [-0.4, -0.2) is 23.6 Å². The molecule has 0 aromatic heterocycles. The first-order valence-electron chi connectivity index (χ1n) is 6.39. The summed E-state index contributed by atoms with van der Waals surface area (Å²) in [5, 5.41) is 2.87. The fourth-order valence-electron chi connectivity index (χ4n) is 2.31. The first-order valence-corrected chi connectivity index (χ1v) is 6.79. The van der Waals surface area contributed by atoms with E-state index < -0.39 is 0 Å². The molecule has 1 aliphatic heterocycles. The summed E-state index contributed by atoms with van der Waals surface area (Å²) in [6.45, 7) is 2.67. The second kappa shape index (κ2) is 6.12. The van der Waals surface area contributed by atoms with E-state index in [1.165, 1.54) is 0 Å². The highest BCUT2D eigenvalue weighted by molar-refractivity contribution is 7.80. The maximum absolute atomic E-state index is 12.0. The molecular weight excluding hydrogens is 260 g/mol. The molecule has 102 valence electrons. The van der Waals surface area contributed by atoms with Gasteiger partial charge >= 0.3 is 0 Å². The Hall–Kier alpha value is -1.46. The second-order valence-corrected chi connectivity index (χ2v) is 5.19. The van der Waals surface area contributed by atoms with Crippen molar-refractivity contribution in [1.82, 2.24) is 0 Å². The molecule has 19 heavy (non-hydrogen) atoms. The summed E-state index contributed by atoms with van der Waals surface area (Å²) in [7, 11) is 0. The molecule has 1 unspecified atom stereocenters. The van der Waals surface area contributed by atoms with Gasteiger partial charge in [0.1, 0.15) is 4.99 Å². The van der Waals surface area contributed by atoms with E-state index in [1.54, 1.807) is 0 Å². The zero-order valence-electron chi connectivity index (χ0n) is 10.9. The Balaban J connectivity index is 2.07.